The number of aryl methyl sites for hydroxylation is 2. The lowest BCUT2D eigenvalue weighted by atomic mass is 10.1. The molecule has 0 bridgehead atoms. The van der Waals surface area contributed by atoms with Crippen molar-refractivity contribution in [1.82, 2.24) is 5.32 Å². The number of alkyl halides is 3. The van der Waals surface area contributed by atoms with Crippen molar-refractivity contribution in [3.63, 3.8) is 0 Å². The third kappa shape index (κ3) is 6.71. The lowest BCUT2D eigenvalue weighted by molar-refractivity contribution is -0.173. The Balaban J connectivity index is 1.91. The van der Waals surface area contributed by atoms with Crippen LogP contribution >= 0.6 is 0 Å². The highest BCUT2D eigenvalue weighted by Gasteiger charge is 2.38. The van der Waals surface area contributed by atoms with Crippen LogP contribution in [-0.2, 0) is 27.5 Å². The van der Waals surface area contributed by atoms with Gasteiger partial charge in [-0.15, -0.1) is 0 Å². The predicted octanol–water partition coefficient (Wildman–Crippen LogP) is 3.31. The van der Waals surface area contributed by atoms with Crippen LogP contribution in [0, 0.1) is 0 Å². The van der Waals surface area contributed by atoms with E-state index in [0.717, 1.165) is 5.56 Å². The molecule has 0 aliphatic carbocycles. The van der Waals surface area contributed by atoms with Crippen LogP contribution in [0.15, 0.2) is 59.5 Å². The summed E-state index contributed by atoms with van der Waals surface area (Å²) in [5, 5.41) is 1.79. The van der Waals surface area contributed by atoms with E-state index in [1.54, 1.807) is 17.4 Å². The number of hydrogen-bond acceptors (Lipinski definition) is 3. The zero-order valence-corrected chi connectivity index (χ0v) is 15.3. The van der Waals surface area contributed by atoms with Crippen molar-refractivity contribution in [2.24, 2.45) is 0 Å². The standard InChI is InChI=1S/C19H20F3NO3S/c20-19(21,22)18(24)23-12-5-9-16-8-4-10-17(14-16)27(25,26)13-11-15-6-2-1-3-7-15/h1-4,6-8,10,14H,5,9,11-13H2,(H,23,24). The monoisotopic (exact) mass is 399 g/mol. The minimum absolute atomic E-state index is 0.0257. The summed E-state index contributed by atoms with van der Waals surface area (Å²) in [5.74, 6) is -2.00. The number of amides is 1. The molecule has 2 rings (SSSR count). The topological polar surface area (TPSA) is 63.2 Å². The lowest BCUT2D eigenvalue weighted by Gasteiger charge is -2.09. The number of rotatable bonds is 8. The molecule has 0 aromatic heterocycles. The highest BCUT2D eigenvalue weighted by molar-refractivity contribution is 7.91. The van der Waals surface area contributed by atoms with Gasteiger partial charge in [0, 0.05) is 6.54 Å². The van der Waals surface area contributed by atoms with Gasteiger partial charge >= 0.3 is 12.1 Å². The minimum Gasteiger partial charge on any atom is -0.348 e. The van der Waals surface area contributed by atoms with Crippen LogP contribution in [0.1, 0.15) is 17.5 Å². The van der Waals surface area contributed by atoms with Crippen molar-refractivity contribution in [3.05, 3.63) is 65.7 Å². The van der Waals surface area contributed by atoms with E-state index in [0.29, 0.717) is 18.4 Å². The van der Waals surface area contributed by atoms with Crippen molar-refractivity contribution in [2.75, 3.05) is 12.3 Å². The van der Waals surface area contributed by atoms with Crippen LogP contribution in [-0.4, -0.2) is 32.8 Å². The molecule has 0 aliphatic heterocycles. The van der Waals surface area contributed by atoms with Crippen molar-refractivity contribution in [2.45, 2.75) is 30.3 Å². The SMILES string of the molecule is O=C(NCCCc1cccc(S(=O)(=O)CCc2ccccc2)c1)C(F)(F)F. The lowest BCUT2D eigenvalue weighted by Crippen LogP contribution is -2.37. The normalized spacial score (nSPS) is 12.0. The maximum absolute atomic E-state index is 12.5. The Hall–Kier alpha value is -2.35. The third-order valence-corrected chi connectivity index (χ3v) is 5.66. The highest BCUT2D eigenvalue weighted by atomic mass is 32.2. The Morgan fingerprint density at radius 2 is 1.59 bits per heavy atom. The first-order chi connectivity index (χ1) is 12.7. The first-order valence-electron chi connectivity index (χ1n) is 8.39. The van der Waals surface area contributed by atoms with E-state index >= 15 is 0 Å². The molecule has 0 unspecified atom stereocenters. The third-order valence-electron chi connectivity index (χ3n) is 3.95. The molecular formula is C19H20F3NO3S. The molecule has 146 valence electrons. The number of benzene rings is 2. The number of hydrogen-bond donors (Lipinski definition) is 1. The Kier molecular flexibility index (Phi) is 7.01. The first-order valence-corrected chi connectivity index (χ1v) is 10.0. The summed E-state index contributed by atoms with van der Waals surface area (Å²) >= 11 is 0. The molecule has 2 aromatic rings. The van der Waals surface area contributed by atoms with Crippen LogP contribution in [0.3, 0.4) is 0 Å². The van der Waals surface area contributed by atoms with E-state index in [1.165, 1.54) is 12.1 Å². The molecule has 8 heteroatoms. The molecule has 0 saturated carbocycles. The maximum Gasteiger partial charge on any atom is 0.471 e. The van der Waals surface area contributed by atoms with Gasteiger partial charge in [-0.05, 0) is 42.5 Å². The van der Waals surface area contributed by atoms with E-state index in [1.807, 2.05) is 30.3 Å². The quantitative estimate of drug-likeness (QED) is 0.693. The van der Waals surface area contributed by atoms with E-state index < -0.39 is 21.9 Å². The molecule has 1 amide bonds. The van der Waals surface area contributed by atoms with Crippen LogP contribution in [0.4, 0.5) is 13.2 Å². The van der Waals surface area contributed by atoms with Gasteiger partial charge in [-0.2, -0.15) is 13.2 Å². The second-order valence-electron chi connectivity index (χ2n) is 6.06. The number of halogens is 3. The zero-order valence-electron chi connectivity index (χ0n) is 14.5. The van der Waals surface area contributed by atoms with Gasteiger partial charge in [0.05, 0.1) is 10.6 Å². The van der Waals surface area contributed by atoms with Crippen molar-refractivity contribution in [3.8, 4) is 0 Å². The molecule has 4 nitrogen and oxygen atoms in total. The molecule has 0 saturated heterocycles. The van der Waals surface area contributed by atoms with Gasteiger partial charge in [0.1, 0.15) is 0 Å². The molecular weight excluding hydrogens is 379 g/mol. The van der Waals surface area contributed by atoms with Gasteiger partial charge < -0.3 is 5.32 Å². The van der Waals surface area contributed by atoms with Crippen LogP contribution in [0.2, 0.25) is 0 Å². The Labute approximate surface area is 156 Å². The van der Waals surface area contributed by atoms with Gasteiger partial charge in [0.2, 0.25) is 0 Å². The molecule has 1 N–H and O–H groups in total. The molecule has 2 aromatic carbocycles. The largest absolute Gasteiger partial charge is 0.471 e. The molecule has 0 radical (unpaired) electrons. The Morgan fingerprint density at radius 1 is 0.926 bits per heavy atom. The van der Waals surface area contributed by atoms with Crippen molar-refractivity contribution >= 4 is 15.7 Å². The molecule has 0 heterocycles. The van der Waals surface area contributed by atoms with E-state index in [-0.39, 0.29) is 23.6 Å². The molecule has 0 aliphatic rings. The van der Waals surface area contributed by atoms with Crippen LogP contribution < -0.4 is 5.32 Å². The fourth-order valence-corrected chi connectivity index (χ4v) is 3.86. The Morgan fingerprint density at radius 3 is 2.26 bits per heavy atom. The summed E-state index contributed by atoms with van der Waals surface area (Å²) in [6.45, 7) is -0.136. The van der Waals surface area contributed by atoms with E-state index in [2.05, 4.69) is 0 Å². The average Bonchev–Trinajstić information content (AvgIpc) is 2.64. The Bertz CT molecular complexity index is 865. The van der Waals surface area contributed by atoms with Crippen LogP contribution in [0.5, 0.6) is 0 Å². The zero-order chi connectivity index (χ0) is 19.9. The second kappa shape index (κ2) is 9.03. The number of nitrogens with one attached hydrogen (secondary N) is 1. The first kappa shape index (κ1) is 21.0. The van der Waals surface area contributed by atoms with Crippen LogP contribution in [0.25, 0.3) is 0 Å². The van der Waals surface area contributed by atoms with Gasteiger partial charge in [0.15, 0.2) is 9.84 Å². The summed E-state index contributed by atoms with van der Waals surface area (Å²) in [6, 6.07) is 15.6. The number of sulfone groups is 1. The fraction of sp³-hybridized carbons (Fsp3) is 0.316. The summed E-state index contributed by atoms with van der Waals surface area (Å²) in [5.41, 5.74) is 1.62. The molecule has 0 spiro atoms. The average molecular weight is 399 g/mol. The van der Waals surface area contributed by atoms with Gasteiger partial charge in [0.25, 0.3) is 0 Å². The number of carbonyl (C=O) groups excluding carboxylic acids is 1. The predicted molar refractivity (Wildman–Crippen MR) is 96.0 cm³/mol. The van der Waals surface area contributed by atoms with Gasteiger partial charge in [-0.25, -0.2) is 8.42 Å². The number of carbonyl (C=O) groups is 1. The van der Waals surface area contributed by atoms with Crippen molar-refractivity contribution < 1.29 is 26.4 Å². The van der Waals surface area contributed by atoms with Gasteiger partial charge in [-0.1, -0.05) is 42.5 Å². The maximum atomic E-state index is 12.5. The smallest absolute Gasteiger partial charge is 0.348 e. The molecule has 0 fully saturated rings. The second-order valence-corrected chi connectivity index (χ2v) is 8.17. The fourth-order valence-electron chi connectivity index (χ4n) is 2.50. The summed E-state index contributed by atoms with van der Waals surface area (Å²) in [4.78, 5) is 10.9. The summed E-state index contributed by atoms with van der Waals surface area (Å²) in [6.07, 6.45) is -3.86. The van der Waals surface area contributed by atoms with E-state index in [4.69, 9.17) is 0 Å². The van der Waals surface area contributed by atoms with E-state index in [9.17, 15) is 26.4 Å². The molecule has 0 atom stereocenters. The minimum atomic E-state index is -4.90. The highest BCUT2D eigenvalue weighted by Crippen LogP contribution is 2.17. The molecule has 27 heavy (non-hydrogen) atoms. The summed E-state index contributed by atoms with van der Waals surface area (Å²) in [7, 11) is -3.46. The van der Waals surface area contributed by atoms with Crippen molar-refractivity contribution in [1.29, 1.82) is 0 Å². The summed E-state index contributed by atoms with van der Waals surface area (Å²) < 4.78 is 61.3. The van der Waals surface area contributed by atoms with Gasteiger partial charge in [-0.3, -0.25) is 4.79 Å².